The monoisotopic (exact) mass is 2060 g/mol. The topological polar surface area (TPSA) is 440 Å². The number of nitrogens with one attached hydrogen (secondary N) is 4. The molecular formula is C101H90F6N22O13S4. The van der Waals surface area contributed by atoms with E-state index in [0.717, 1.165) is 106 Å². The summed E-state index contributed by atoms with van der Waals surface area (Å²) in [6, 6.07) is 33.3. The maximum Gasteiger partial charge on any atom is 0.264 e. The number of aliphatic hydroxyl groups excluding tert-OH is 1. The third kappa shape index (κ3) is 23.5. The Kier molecular flexibility index (Phi) is 30.5. The van der Waals surface area contributed by atoms with E-state index in [9.17, 15) is 65.1 Å². The molecule has 0 amide bonds. The SMILES string of the molecule is COc1ncc(-c2ccc3ncc(C#CC4CCCC4C)n3n2)cc1NS(=O)(=O)c1ccc(F)cc1.COc1ncc(-c2ccc3ncc(C#CC4CCCC4O)n3n2)cc1NS(=O)(=O)c1ccc(F)cc1.COc1ncc(-c2ccc3nnc(C#CC4CCCC4C)n3n2)cc1NS(=O)(=O)c1ccc(F)cc1F.COc1ncc(-c2ccc3nnc(C#CC4CCCCC4)n3n2)cc1NS(=O)(=O)c1ccc(F)cc1F. The summed E-state index contributed by atoms with van der Waals surface area (Å²) in [6.07, 6.45) is 24.1. The zero-order valence-corrected chi connectivity index (χ0v) is 82.0. The number of sulfonamides is 4. The Morgan fingerprint density at radius 2 is 0.664 bits per heavy atom. The average Bonchev–Trinajstić information content (AvgIpc) is 1.76. The van der Waals surface area contributed by atoms with Crippen molar-refractivity contribution in [1.82, 2.24) is 88.8 Å². The first kappa shape index (κ1) is 101. The summed E-state index contributed by atoms with van der Waals surface area (Å²) < 4.78 is 221. The fraction of sp³-hybridized carbons (Fsp3) is 0.267. The smallest absolute Gasteiger partial charge is 0.264 e. The van der Waals surface area contributed by atoms with Crippen molar-refractivity contribution in [3.8, 4) is 116 Å². The molecule has 35 nitrogen and oxygen atoms in total. The molecule has 5 N–H and O–H groups in total. The van der Waals surface area contributed by atoms with E-state index in [1.165, 1.54) is 125 Å². The first-order valence-corrected chi connectivity index (χ1v) is 51.8. The Balaban J connectivity index is 0.000000133. The summed E-state index contributed by atoms with van der Waals surface area (Å²) in [5, 5.41) is 45.0. The van der Waals surface area contributed by atoms with Gasteiger partial charge in [-0.2, -0.15) is 29.4 Å². The molecule has 6 atom stereocenters. The van der Waals surface area contributed by atoms with E-state index in [1.807, 2.05) is 6.07 Å². The molecule has 0 radical (unpaired) electrons. The van der Waals surface area contributed by atoms with E-state index in [1.54, 1.807) is 82.2 Å². The molecule has 6 unspecified atom stereocenters. The van der Waals surface area contributed by atoms with Gasteiger partial charge in [-0.3, -0.25) is 18.9 Å². The summed E-state index contributed by atoms with van der Waals surface area (Å²) in [5.74, 6) is 23.2. The average molecular weight is 2060 g/mol. The predicted octanol–water partition coefficient (Wildman–Crippen LogP) is 16.0. The lowest BCUT2D eigenvalue weighted by Crippen LogP contribution is -2.16. The number of aromatic nitrogens is 18. The van der Waals surface area contributed by atoms with Gasteiger partial charge >= 0.3 is 0 Å². The number of benzene rings is 4. The Morgan fingerprint density at radius 3 is 1.02 bits per heavy atom. The van der Waals surface area contributed by atoms with Gasteiger partial charge in [-0.05, 0) is 239 Å². The fourth-order valence-corrected chi connectivity index (χ4v) is 21.0. The number of halogens is 6. The summed E-state index contributed by atoms with van der Waals surface area (Å²) in [5.41, 5.74) is 7.54. The highest BCUT2D eigenvalue weighted by Gasteiger charge is 2.31. The van der Waals surface area contributed by atoms with Crippen molar-refractivity contribution in [3.05, 3.63) is 253 Å². The molecule has 12 heterocycles. The number of nitrogens with zero attached hydrogens (tertiary/aromatic N) is 18. The highest BCUT2D eigenvalue weighted by Crippen LogP contribution is 2.39. The Labute approximate surface area is 834 Å². The standard InChI is InChI=1S/C26H24FN5O3S.2C25H22F2N6O3S.C25H22FN5O4S/c1-17-4-3-5-18(17)6-9-21-16-28-25-13-12-23(30-32(21)25)19-14-24(26(35-2)29-15-19)31-36(33,34)22-10-7-20(27)8-11-22;1-15-4-3-5-16(15)6-10-23-29-30-24-11-8-20(31-33(23)24)17-12-21(25(36-2)28-14-17)32-37(34,35)22-9-7-18(26)13-19(22)27;1-36-25-21(32-37(34,35)22-10-8-18(26)14-19(22)27)13-17(15-28-25)20-9-12-24-30-29-23(33(24)31-20)11-7-16-5-3-2-4-6-16;1-35-25-22(30-36(33,34)20-9-6-18(26)7-10-20)13-17(14-28-25)21-11-12-24-27-15-19(31(24)29-21)8-5-16-3-2-4-23(16)32/h7-8,10-18,31H,3-5H2,1-2H3;7-9,11-16,32H,3-5H2,1-2H3;8-10,12-16,32H,2-6H2,1H3;6-7,9-16,23,30,32H,2-4H2,1H3. The summed E-state index contributed by atoms with van der Waals surface area (Å²) in [4.78, 5) is 23.9. The lowest BCUT2D eigenvalue weighted by Gasteiger charge is -2.15. The number of fused-ring (bicyclic) bond motifs is 4. The molecular weight excluding hydrogens is 1970 g/mol. The van der Waals surface area contributed by atoms with Gasteiger partial charge in [-0.15, -0.1) is 20.4 Å². The molecule has 0 saturated heterocycles. The molecule has 45 heteroatoms. The molecule has 12 aromatic heterocycles. The van der Waals surface area contributed by atoms with Gasteiger partial charge in [0.15, 0.2) is 22.6 Å². The Bertz CT molecular complexity index is 8190. The van der Waals surface area contributed by atoms with Crippen LogP contribution in [0, 0.1) is 118 Å². The molecule has 16 aromatic rings. The van der Waals surface area contributed by atoms with Crippen LogP contribution in [0.3, 0.4) is 0 Å². The van der Waals surface area contributed by atoms with Crippen molar-refractivity contribution in [2.24, 2.45) is 35.5 Å². The van der Waals surface area contributed by atoms with Crippen LogP contribution in [-0.4, -0.2) is 162 Å². The molecule has 20 rings (SSSR count). The minimum absolute atomic E-state index is 0.0424. The first-order chi connectivity index (χ1) is 70.3. The minimum atomic E-state index is -4.42. The maximum absolute atomic E-state index is 14.2. The van der Waals surface area contributed by atoms with Gasteiger partial charge < -0.3 is 24.1 Å². The van der Waals surface area contributed by atoms with Crippen molar-refractivity contribution < 1.29 is 84.1 Å². The maximum atomic E-state index is 14.2. The lowest BCUT2D eigenvalue weighted by molar-refractivity contribution is 0.157. The van der Waals surface area contributed by atoms with E-state index in [4.69, 9.17) is 18.9 Å². The zero-order valence-electron chi connectivity index (χ0n) is 78.7. The van der Waals surface area contributed by atoms with Gasteiger partial charge in [-0.1, -0.05) is 69.6 Å². The normalized spacial score (nSPS) is 16.7. The number of ether oxygens (including phenoxy) is 4. The van der Waals surface area contributed by atoms with Gasteiger partial charge in [0.1, 0.15) is 78.8 Å². The molecule has 0 spiro atoms. The Hall–Kier alpha value is -16.2. The summed E-state index contributed by atoms with van der Waals surface area (Å²) in [6.45, 7) is 4.42. The van der Waals surface area contributed by atoms with E-state index in [0.29, 0.717) is 132 Å². The summed E-state index contributed by atoms with van der Waals surface area (Å²) >= 11 is 0. The predicted molar refractivity (Wildman–Crippen MR) is 526 cm³/mol. The van der Waals surface area contributed by atoms with Crippen molar-refractivity contribution in [1.29, 1.82) is 0 Å². The van der Waals surface area contributed by atoms with E-state index in [-0.39, 0.29) is 62.0 Å². The van der Waals surface area contributed by atoms with Gasteiger partial charge in [-0.25, -0.2) is 98.9 Å². The van der Waals surface area contributed by atoms with Crippen LogP contribution in [-0.2, 0) is 40.1 Å². The highest BCUT2D eigenvalue weighted by atomic mass is 32.2. The van der Waals surface area contributed by atoms with Gasteiger partial charge in [0, 0.05) is 82.8 Å². The lowest BCUT2D eigenvalue weighted by atomic mass is 9.90. The minimum Gasteiger partial charge on any atom is -0.480 e. The quantitative estimate of drug-likeness (QED) is 0.0349. The van der Waals surface area contributed by atoms with E-state index >= 15 is 0 Å². The second-order valence-corrected chi connectivity index (χ2v) is 41.1. The van der Waals surface area contributed by atoms with E-state index in [2.05, 4.69) is 151 Å². The van der Waals surface area contributed by atoms with Gasteiger partial charge in [0.05, 0.1) is 79.5 Å². The van der Waals surface area contributed by atoms with E-state index < -0.39 is 90.9 Å². The van der Waals surface area contributed by atoms with Crippen LogP contribution in [0.4, 0.5) is 49.1 Å². The van der Waals surface area contributed by atoms with Crippen molar-refractivity contribution >= 4 is 85.4 Å². The van der Waals surface area contributed by atoms with Crippen molar-refractivity contribution in [2.45, 2.75) is 129 Å². The number of anilines is 4. The molecule has 0 bridgehead atoms. The number of pyridine rings is 4. The van der Waals surface area contributed by atoms with Crippen LogP contribution in [0.15, 0.2) is 214 Å². The molecule has 4 fully saturated rings. The number of hydrogen-bond acceptors (Lipinski definition) is 27. The highest BCUT2D eigenvalue weighted by molar-refractivity contribution is 7.93. The molecule has 4 aliphatic rings. The molecule has 4 aliphatic carbocycles. The van der Waals surface area contributed by atoms with Crippen LogP contribution < -0.4 is 37.8 Å². The fourth-order valence-electron chi connectivity index (χ4n) is 16.7. The number of imidazole rings is 2. The Morgan fingerprint density at radius 1 is 0.329 bits per heavy atom. The van der Waals surface area contributed by atoms with Crippen LogP contribution in [0.5, 0.6) is 23.5 Å². The molecule has 146 heavy (non-hydrogen) atoms. The van der Waals surface area contributed by atoms with Crippen LogP contribution in [0.25, 0.3) is 67.6 Å². The van der Waals surface area contributed by atoms with Crippen LogP contribution >= 0.6 is 0 Å². The van der Waals surface area contributed by atoms with Crippen LogP contribution in [0.2, 0.25) is 0 Å². The largest absolute Gasteiger partial charge is 0.480 e. The molecule has 4 saturated carbocycles. The number of rotatable bonds is 20. The third-order valence-electron chi connectivity index (χ3n) is 24.5. The number of hydrogen-bond donors (Lipinski definition) is 5. The molecule has 4 aromatic carbocycles. The zero-order chi connectivity index (χ0) is 103. The first-order valence-electron chi connectivity index (χ1n) is 45.9. The third-order valence-corrected chi connectivity index (χ3v) is 30.1. The molecule has 0 aliphatic heterocycles. The van der Waals surface area contributed by atoms with Crippen molar-refractivity contribution in [2.75, 3.05) is 47.3 Å². The second-order valence-electron chi connectivity index (χ2n) is 34.4. The van der Waals surface area contributed by atoms with Gasteiger partial charge in [0.2, 0.25) is 35.2 Å². The van der Waals surface area contributed by atoms with Gasteiger partial charge in [0.25, 0.3) is 40.1 Å². The molecule has 748 valence electrons. The second kappa shape index (κ2) is 43.9. The van der Waals surface area contributed by atoms with Crippen LogP contribution in [0.1, 0.15) is 127 Å². The van der Waals surface area contributed by atoms with Crippen molar-refractivity contribution in [3.63, 3.8) is 0 Å². The summed E-state index contributed by atoms with van der Waals surface area (Å²) in [7, 11) is -11.5. The number of methoxy groups -OCH3 is 4. The number of aliphatic hydroxyl groups is 1.